The number of hydrogen-bond donors (Lipinski definition) is 3. The number of aliphatic carboxylic acids is 1. The molecule has 0 radical (unpaired) electrons. The fraction of sp³-hybridized carbons (Fsp3) is 0.464. The van der Waals surface area contributed by atoms with E-state index in [0.29, 0.717) is 23.3 Å². The molecule has 2 aromatic carbocycles. The third-order valence-corrected chi connectivity index (χ3v) is 7.43. The van der Waals surface area contributed by atoms with Gasteiger partial charge in [0.05, 0.1) is 5.92 Å². The van der Waals surface area contributed by atoms with Crippen LogP contribution in [0.1, 0.15) is 74.3 Å². The zero-order valence-electron chi connectivity index (χ0n) is 22.8. The average Bonchev–Trinajstić information content (AvgIpc) is 2.86. The normalized spacial score (nSPS) is 15.3. The van der Waals surface area contributed by atoms with E-state index in [9.17, 15) is 19.5 Å². The van der Waals surface area contributed by atoms with Gasteiger partial charge in [-0.15, -0.1) is 0 Å². The van der Waals surface area contributed by atoms with E-state index in [1.54, 1.807) is 12.1 Å². The van der Waals surface area contributed by atoms with Crippen LogP contribution in [-0.2, 0) is 9.59 Å². The number of hydrogen-bond acceptors (Lipinski definition) is 4. The first kappa shape index (κ1) is 30.0. The smallest absolute Gasteiger partial charge is 1.00 e. The van der Waals surface area contributed by atoms with E-state index in [-0.39, 0.29) is 38.2 Å². The molecule has 190 valence electrons. The summed E-state index contributed by atoms with van der Waals surface area (Å²) in [6.45, 7) is 3.86. The number of benzene rings is 2. The Morgan fingerprint density at radius 2 is 1.78 bits per heavy atom. The Balaban J connectivity index is 0.00000342. The van der Waals surface area contributed by atoms with Crippen molar-refractivity contribution in [3.05, 3.63) is 59.2 Å². The maximum atomic E-state index is 13.2. The molecule has 0 bridgehead atoms. The van der Waals surface area contributed by atoms with Gasteiger partial charge in [-0.25, -0.2) is 4.79 Å². The van der Waals surface area contributed by atoms with E-state index < -0.39 is 17.9 Å². The summed E-state index contributed by atoms with van der Waals surface area (Å²) in [5.41, 5.74) is 3.80. The molecule has 3 rings (SSSR count). The molecule has 1 aliphatic carbocycles. The first-order chi connectivity index (χ1) is 16.8. The van der Waals surface area contributed by atoms with Gasteiger partial charge >= 0.3 is 24.8 Å². The van der Waals surface area contributed by atoms with Gasteiger partial charge in [0.2, 0.25) is 5.91 Å². The van der Waals surface area contributed by atoms with Crippen molar-refractivity contribution in [2.24, 2.45) is 0 Å². The van der Waals surface area contributed by atoms with Gasteiger partial charge in [0.1, 0.15) is 6.04 Å². The van der Waals surface area contributed by atoms with Gasteiger partial charge in [-0.05, 0) is 79.5 Å². The Morgan fingerprint density at radius 3 is 2.42 bits per heavy atom. The summed E-state index contributed by atoms with van der Waals surface area (Å²) in [6, 6.07) is 12.5. The average molecular weight is 505 g/mol. The molecule has 6 nitrogen and oxygen atoms in total. The minimum Gasteiger partial charge on any atom is -1.00 e. The number of amides is 2. The summed E-state index contributed by atoms with van der Waals surface area (Å²) in [4.78, 5) is 37.9. The van der Waals surface area contributed by atoms with Gasteiger partial charge in [0.15, 0.2) is 0 Å². The van der Waals surface area contributed by atoms with E-state index in [2.05, 4.69) is 10.6 Å². The minimum atomic E-state index is -1.05. The Morgan fingerprint density at radius 1 is 1.08 bits per heavy atom. The molecule has 2 unspecified atom stereocenters. The molecule has 8 heteroatoms. The van der Waals surface area contributed by atoms with Crippen LogP contribution in [0.5, 0.6) is 0 Å². The molecule has 0 saturated heterocycles. The second-order valence-electron chi connectivity index (χ2n) is 9.33. The molecule has 2 atom stereocenters. The molecule has 1 fully saturated rings. The van der Waals surface area contributed by atoms with Crippen LogP contribution in [0.25, 0.3) is 11.1 Å². The van der Waals surface area contributed by atoms with Crippen LogP contribution < -0.4 is 29.5 Å². The topological polar surface area (TPSA) is 95.5 Å². The number of aryl methyl sites for hydroxylation is 1. The zero-order valence-corrected chi connectivity index (χ0v) is 22.6. The van der Waals surface area contributed by atoms with Crippen molar-refractivity contribution in [3.8, 4) is 11.1 Å². The van der Waals surface area contributed by atoms with Crippen molar-refractivity contribution in [1.82, 2.24) is 10.6 Å². The van der Waals surface area contributed by atoms with Crippen LogP contribution in [0.15, 0.2) is 42.5 Å². The summed E-state index contributed by atoms with van der Waals surface area (Å²) in [5, 5.41) is 15.5. The number of carbonyl (C=O) groups is 3. The first-order valence-electron chi connectivity index (χ1n) is 12.3. The van der Waals surface area contributed by atoms with E-state index >= 15 is 0 Å². The number of thioether (sulfide) groups is 1. The second-order valence-corrected chi connectivity index (χ2v) is 10.3. The summed E-state index contributed by atoms with van der Waals surface area (Å²) >= 11 is 1.54. The molecule has 0 spiro atoms. The van der Waals surface area contributed by atoms with Crippen molar-refractivity contribution in [1.29, 1.82) is 0 Å². The number of nitrogens with one attached hydrogen (secondary N) is 2. The van der Waals surface area contributed by atoms with Crippen LogP contribution in [0.3, 0.4) is 0 Å². The van der Waals surface area contributed by atoms with E-state index in [1.807, 2.05) is 50.4 Å². The SMILES string of the molecule is CSCCC(NC(=O)c1ccc(C(C)C(=O)NC2CCCCC2)cc1-c1ccccc1C)C(=O)O.[H-].[Li+]. The molecule has 0 aromatic heterocycles. The molecule has 3 N–H and O–H groups in total. The van der Waals surface area contributed by atoms with Crippen LogP contribution in [-0.4, -0.2) is 47.0 Å². The fourth-order valence-electron chi connectivity index (χ4n) is 4.58. The van der Waals surface area contributed by atoms with Crippen LogP contribution in [0, 0.1) is 6.92 Å². The van der Waals surface area contributed by atoms with Crippen LogP contribution in [0.4, 0.5) is 0 Å². The Kier molecular flexibility index (Phi) is 12.1. The van der Waals surface area contributed by atoms with Crippen LogP contribution >= 0.6 is 11.8 Å². The van der Waals surface area contributed by atoms with Gasteiger partial charge < -0.3 is 17.2 Å². The van der Waals surface area contributed by atoms with Crippen molar-refractivity contribution >= 4 is 29.5 Å². The summed E-state index contributed by atoms with van der Waals surface area (Å²) < 4.78 is 0. The molecule has 1 aliphatic rings. The van der Waals surface area contributed by atoms with Crippen molar-refractivity contribution in [2.75, 3.05) is 12.0 Å². The summed E-state index contributed by atoms with van der Waals surface area (Å²) in [7, 11) is 0. The van der Waals surface area contributed by atoms with Crippen molar-refractivity contribution < 1.29 is 39.8 Å². The second kappa shape index (κ2) is 14.5. The Labute approximate surface area is 232 Å². The molecule has 0 heterocycles. The monoisotopic (exact) mass is 504 g/mol. The Hall–Kier alpha value is -2.20. The van der Waals surface area contributed by atoms with Gasteiger partial charge in [-0.2, -0.15) is 11.8 Å². The summed E-state index contributed by atoms with van der Waals surface area (Å²) in [6.07, 6.45) is 7.81. The molecule has 2 aromatic rings. The van der Waals surface area contributed by atoms with E-state index in [0.717, 1.165) is 42.4 Å². The molecular formula is C28H37LiN2O4S. The standard InChI is InChI=1S/C28H36N2O4S.Li.H/c1-18-9-7-8-12-22(18)24-17-20(19(2)26(31)29-21-10-5-4-6-11-21)13-14-23(24)27(32)30-25(28(33)34)15-16-35-3;;/h7-9,12-14,17,19,21,25H,4-6,10-11,15-16H2,1-3H3,(H,29,31)(H,30,32)(H,33,34);;/q;+1;-1. The van der Waals surface area contributed by atoms with Crippen molar-refractivity contribution in [2.45, 2.75) is 70.4 Å². The first-order valence-corrected chi connectivity index (χ1v) is 13.7. The quantitative estimate of drug-likeness (QED) is 0.432. The fourth-order valence-corrected chi connectivity index (χ4v) is 5.05. The van der Waals surface area contributed by atoms with E-state index in [1.165, 1.54) is 18.2 Å². The Bertz CT molecular complexity index is 1060. The predicted molar refractivity (Wildman–Crippen MR) is 143 cm³/mol. The molecular weight excluding hydrogens is 467 g/mol. The van der Waals surface area contributed by atoms with Crippen LogP contribution in [0.2, 0.25) is 0 Å². The molecule has 2 amide bonds. The van der Waals surface area contributed by atoms with Gasteiger partial charge in [0.25, 0.3) is 5.91 Å². The molecule has 0 aliphatic heterocycles. The maximum absolute atomic E-state index is 13.2. The van der Waals surface area contributed by atoms with Gasteiger partial charge in [0, 0.05) is 11.6 Å². The third kappa shape index (κ3) is 7.90. The molecule has 36 heavy (non-hydrogen) atoms. The van der Waals surface area contributed by atoms with Crippen molar-refractivity contribution in [3.63, 3.8) is 0 Å². The van der Waals surface area contributed by atoms with Gasteiger partial charge in [-0.3, -0.25) is 9.59 Å². The third-order valence-electron chi connectivity index (χ3n) is 6.78. The largest absolute Gasteiger partial charge is 1.00 e. The number of rotatable bonds is 10. The zero-order chi connectivity index (χ0) is 25.4. The number of carbonyl (C=O) groups excluding carboxylic acids is 2. The number of carboxylic acids is 1. The maximum Gasteiger partial charge on any atom is 1.00 e. The van der Waals surface area contributed by atoms with Gasteiger partial charge in [-0.1, -0.05) is 49.6 Å². The molecule has 1 saturated carbocycles. The summed E-state index contributed by atoms with van der Waals surface area (Å²) in [5.74, 6) is -1.22. The van der Waals surface area contributed by atoms with E-state index in [4.69, 9.17) is 0 Å². The predicted octanol–water partition coefficient (Wildman–Crippen LogP) is 2.27. The minimum absolute atomic E-state index is 0. The number of carboxylic acid groups (broad SMARTS) is 1.